The van der Waals surface area contributed by atoms with Gasteiger partial charge in [0.1, 0.15) is 0 Å². The molecule has 64 valence electrons. The van der Waals surface area contributed by atoms with Gasteiger partial charge in [0.25, 0.3) is 0 Å². The summed E-state index contributed by atoms with van der Waals surface area (Å²) in [6, 6.07) is 4.67. The Morgan fingerprint density at radius 1 is 1.46 bits per heavy atom. The molecule has 0 atom stereocenters. The third kappa shape index (κ3) is 1.28. The van der Waals surface area contributed by atoms with Gasteiger partial charge in [-0.2, -0.15) is 4.99 Å². The van der Waals surface area contributed by atoms with Crippen molar-refractivity contribution in [1.82, 2.24) is 4.98 Å². The molecule has 1 aromatic carbocycles. The number of carbonyl (C=O) groups excluding carboxylic acids is 1. The standard InChI is InChI=1S/C8H4N2O3/c11-4-9-5-1-2-6-7(3-5)13-8(12)10-6/h1-3H,(H,10,12). The molecule has 1 N–H and O–H groups in total. The highest BCUT2D eigenvalue weighted by molar-refractivity contribution is 5.76. The monoisotopic (exact) mass is 176 g/mol. The second kappa shape index (κ2) is 2.73. The molecule has 0 amide bonds. The van der Waals surface area contributed by atoms with Crippen LogP contribution < -0.4 is 5.76 Å². The maximum absolute atomic E-state index is 10.7. The van der Waals surface area contributed by atoms with E-state index in [4.69, 9.17) is 4.42 Å². The van der Waals surface area contributed by atoms with Gasteiger partial charge < -0.3 is 4.42 Å². The maximum Gasteiger partial charge on any atom is 0.417 e. The number of nitrogens with zero attached hydrogens (tertiary/aromatic N) is 1. The summed E-state index contributed by atoms with van der Waals surface area (Å²) < 4.78 is 4.75. The predicted octanol–water partition coefficient (Wildman–Crippen LogP) is 1.09. The van der Waals surface area contributed by atoms with E-state index in [1.807, 2.05) is 0 Å². The molecule has 0 saturated carbocycles. The lowest BCUT2D eigenvalue weighted by atomic mass is 10.3. The third-order valence-corrected chi connectivity index (χ3v) is 1.58. The maximum atomic E-state index is 10.7. The van der Waals surface area contributed by atoms with Gasteiger partial charge in [0.2, 0.25) is 6.08 Å². The number of nitrogens with one attached hydrogen (secondary N) is 1. The number of fused-ring (bicyclic) bond motifs is 1. The fraction of sp³-hybridized carbons (Fsp3) is 0. The van der Waals surface area contributed by atoms with Crippen LogP contribution in [0.25, 0.3) is 11.1 Å². The van der Waals surface area contributed by atoms with Crippen molar-refractivity contribution in [2.45, 2.75) is 0 Å². The smallest absolute Gasteiger partial charge is 0.408 e. The van der Waals surface area contributed by atoms with Crippen LogP contribution in [0.1, 0.15) is 0 Å². The van der Waals surface area contributed by atoms with Gasteiger partial charge in [-0.25, -0.2) is 9.59 Å². The van der Waals surface area contributed by atoms with E-state index in [2.05, 4.69) is 9.98 Å². The lowest BCUT2D eigenvalue weighted by Gasteiger charge is -1.87. The number of aromatic amines is 1. The highest BCUT2D eigenvalue weighted by Gasteiger charge is 2.00. The second-order valence-electron chi connectivity index (χ2n) is 2.40. The molecule has 1 heterocycles. The molecular formula is C8H4N2O3. The Labute approximate surface area is 71.7 Å². The Balaban J connectivity index is 2.74. The van der Waals surface area contributed by atoms with E-state index in [1.165, 1.54) is 12.1 Å². The summed E-state index contributed by atoms with van der Waals surface area (Å²) in [5.41, 5.74) is 1.36. The molecule has 2 rings (SSSR count). The van der Waals surface area contributed by atoms with Crippen molar-refractivity contribution in [2.75, 3.05) is 0 Å². The van der Waals surface area contributed by atoms with Crippen LogP contribution in [-0.4, -0.2) is 11.1 Å². The van der Waals surface area contributed by atoms with Crippen LogP contribution in [0.5, 0.6) is 0 Å². The van der Waals surface area contributed by atoms with Gasteiger partial charge in [-0.3, -0.25) is 4.98 Å². The first-order valence-corrected chi connectivity index (χ1v) is 3.50. The summed E-state index contributed by atoms with van der Waals surface area (Å²) in [5.74, 6) is -0.526. The van der Waals surface area contributed by atoms with Crippen LogP contribution in [0.3, 0.4) is 0 Å². The molecular weight excluding hydrogens is 172 g/mol. The van der Waals surface area contributed by atoms with E-state index in [9.17, 15) is 9.59 Å². The first-order chi connectivity index (χ1) is 6.29. The molecule has 0 aliphatic heterocycles. The van der Waals surface area contributed by atoms with Gasteiger partial charge in [-0.05, 0) is 12.1 Å². The molecule has 13 heavy (non-hydrogen) atoms. The first-order valence-electron chi connectivity index (χ1n) is 3.50. The number of oxazole rings is 1. The van der Waals surface area contributed by atoms with E-state index in [0.29, 0.717) is 16.8 Å². The van der Waals surface area contributed by atoms with Crippen molar-refractivity contribution in [3.8, 4) is 0 Å². The number of benzene rings is 1. The van der Waals surface area contributed by atoms with Crippen molar-refractivity contribution < 1.29 is 9.21 Å². The Bertz CT molecular complexity index is 546. The zero-order valence-corrected chi connectivity index (χ0v) is 6.40. The Morgan fingerprint density at radius 2 is 2.31 bits per heavy atom. The van der Waals surface area contributed by atoms with Gasteiger partial charge in [0.15, 0.2) is 5.58 Å². The molecule has 0 aliphatic carbocycles. The third-order valence-electron chi connectivity index (χ3n) is 1.58. The van der Waals surface area contributed by atoms with Crippen LogP contribution in [0.4, 0.5) is 5.69 Å². The molecule has 5 heteroatoms. The summed E-state index contributed by atoms with van der Waals surface area (Å²) in [6.07, 6.45) is 1.40. The van der Waals surface area contributed by atoms with Crippen LogP contribution >= 0.6 is 0 Å². The summed E-state index contributed by atoms with van der Waals surface area (Å²) in [5, 5.41) is 0. The van der Waals surface area contributed by atoms with Gasteiger partial charge >= 0.3 is 5.76 Å². The molecule has 2 aromatic rings. The lowest BCUT2D eigenvalue weighted by Crippen LogP contribution is -1.92. The summed E-state index contributed by atoms with van der Waals surface area (Å²) >= 11 is 0. The van der Waals surface area contributed by atoms with Crippen LogP contribution in [-0.2, 0) is 4.79 Å². The quantitative estimate of drug-likeness (QED) is 0.521. The summed E-state index contributed by atoms with van der Waals surface area (Å²) in [4.78, 5) is 26.5. The highest BCUT2D eigenvalue weighted by atomic mass is 16.4. The first kappa shape index (κ1) is 7.52. The number of hydrogen-bond acceptors (Lipinski definition) is 4. The minimum absolute atomic E-state index is 0.376. The Hall–Kier alpha value is -2.13. The molecule has 5 nitrogen and oxygen atoms in total. The molecule has 0 aliphatic rings. The van der Waals surface area contributed by atoms with E-state index >= 15 is 0 Å². The van der Waals surface area contributed by atoms with E-state index in [-0.39, 0.29) is 0 Å². The SMILES string of the molecule is O=C=Nc1ccc2[nH]c(=O)oc2c1. The van der Waals surface area contributed by atoms with E-state index in [1.54, 1.807) is 12.1 Å². The molecule has 0 spiro atoms. The lowest BCUT2D eigenvalue weighted by molar-refractivity contribution is 0.555. The Kier molecular flexibility index (Phi) is 1.58. The fourth-order valence-electron chi connectivity index (χ4n) is 1.06. The molecule has 0 radical (unpaired) electrons. The summed E-state index contributed by atoms with van der Waals surface area (Å²) in [7, 11) is 0. The predicted molar refractivity (Wildman–Crippen MR) is 44.6 cm³/mol. The number of hydrogen-bond donors (Lipinski definition) is 1. The summed E-state index contributed by atoms with van der Waals surface area (Å²) in [6.45, 7) is 0. The number of rotatable bonds is 1. The van der Waals surface area contributed by atoms with Gasteiger partial charge in [0.05, 0.1) is 11.2 Å². The van der Waals surface area contributed by atoms with E-state index < -0.39 is 5.76 Å². The normalized spacial score (nSPS) is 9.85. The van der Waals surface area contributed by atoms with Crippen molar-refractivity contribution in [3.63, 3.8) is 0 Å². The highest BCUT2D eigenvalue weighted by Crippen LogP contribution is 2.17. The van der Waals surface area contributed by atoms with Gasteiger partial charge in [-0.1, -0.05) is 0 Å². The molecule has 0 bridgehead atoms. The number of isocyanates is 1. The van der Waals surface area contributed by atoms with Crippen LogP contribution in [0.2, 0.25) is 0 Å². The van der Waals surface area contributed by atoms with Crippen molar-refractivity contribution >= 4 is 22.9 Å². The van der Waals surface area contributed by atoms with Crippen molar-refractivity contribution in [2.24, 2.45) is 4.99 Å². The van der Waals surface area contributed by atoms with Crippen LogP contribution in [0.15, 0.2) is 32.4 Å². The van der Waals surface area contributed by atoms with Crippen molar-refractivity contribution in [1.29, 1.82) is 0 Å². The minimum atomic E-state index is -0.526. The number of H-pyrrole nitrogens is 1. The molecule has 0 fully saturated rings. The van der Waals surface area contributed by atoms with Crippen LogP contribution in [0, 0.1) is 0 Å². The van der Waals surface area contributed by atoms with Crippen molar-refractivity contribution in [3.05, 3.63) is 28.7 Å². The number of aromatic nitrogens is 1. The van der Waals surface area contributed by atoms with Gasteiger partial charge in [0, 0.05) is 6.07 Å². The second-order valence-corrected chi connectivity index (χ2v) is 2.40. The van der Waals surface area contributed by atoms with E-state index in [0.717, 1.165) is 0 Å². The zero-order chi connectivity index (χ0) is 9.26. The average Bonchev–Trinajstić information content (AvgIpc) is 2.44. The minimum Gasteiger partial charge on any atom is -0.408 e. The Morgan fingerprint density at radius 3 is 3.08 bits per heavy atom. The van der Waals surface area contributed by atoms with Gasteiger partial charge in [-0.15, -0.1) is 0 Å². The zero-order valence-electron chi connectivity index (χ0n) is 6.40. The largest absolute Gasteiger partial charge is 0.417 e. The average molecular weight is 176 g/mol. The topological polar surface area (TPSA) is 75.4 Å². The molecule has 1 aromatic heterocycles. The number of aliphatic imine (C=N–C) groups is 1. The fourth-order valence-corrected chi connectivity index (χ4v) is 1.06. The molecule has 0 unspecified atom stereocenters. The molecule has 0 saturated heterocycles.